The Labute approximate surface area is 123 Å². The van der Waals surface area contributed by atoms with E-state index in [1.807, 2.05) is 0 Å². The van der Waals surface area contributed by atoms with E-state index in [9.17, 15) is 0 Å². The van der Waals surface area contributed by atoms with Crippen LogP contribution >= 0.6 is 15.9 Å². The van der Waals surface area contributed by atoms with Crippen LogP contribution in [0.2, 0.25) is 0 Å². The van der Waals surface area contributed by atoms with Crippen molar-refractivity contribution in [3.63, 3.8) is 0 Å². The molecule has 0 aliphatic rings. The Balaban J connectivity index is 2.49. The summed E-state index contributed by atoms with van der Waals surface area (Å²) in [5.74, 6) is 1.66. The first-order chi connectivity index (χ1) is 9.06. The molecule has 19 heavy (non-hydrogen) atoms. The Morgan fingerprint density at radius 2 is 2.11 bits per heavy atom. The van der Waals surface area contributed by atoms with E-state index in [0.717, 1.165) is 35.2 Å². The van der Waals surface area contributed by atoms with Crippen molar-refractivity contribution in [2.75, 3.05) is 6.54 Å². The lowest BCUT2D eigenvalue weighted by Crippen LogP contribution is -2.19. The Bertz CT molecular complexity index is 556. The molecule has 0 saturated carbocycles. The molecular formula is C15H22BrN3. The summed E-state index contributed by atoms with van der Waals surface area (Å²) in [6.07, 6.45) is 2.05. The van der Waals surface area contributed by atoms with Gasteiger partial charge in [0.1, 0.15) is 5.82 Å². The molecule has 0 bridgehead atoms. The van der Waals surface area contributed by atoms with Crippen LogP contribution in [0.15, 0.2) is 22.7 Å². The van der Waals surface area contributed by atoms with Crippen molar-refractivity contribution in [1.82, 2.24) is 9.55 Å². The van der Waals surface area contributed by atoms with E-state index >= 15 is 0 Å². The molecule has 2 aromatic rings. The van der Waals surface area contributed by atoms with E-state index in [-0.39, 0.29) is 0 Å². The molecule has 0 spiro atoms. The van der Waals surface area contributed by atoms with Crippen LogP contribution < -0.4 is 5.73 Å². The number of benzene rings is 1. The maximum absolute atomic E-state index is 5.83. The van der Waals surface area contributed by atoms with Crippen molar-refractivity contribution in [3.8, 4) is 0 Å². The molecule has 0 aliphatic heterocycles. The third-order valence-corrected chi connectivity index (χ3v) is 4.12. The van der Waals surface area contributed by atoms with E-state index < -0.39 is 0 Å². The lowest BCUT2D eigenvalue weighted by atomic mass is 10.0. The highest BCUT2D eigenvalue weighted by atomic mass is 79.9. The minimum atomic E-state index is 0.413. The summed E-state index contributed by atoms with van der Waals surface area (Å²) in [5, 5.41) is 0. The lowest BCUT2D eigenvalue weighted by Gasteiger charge is -2.16. The molecule has 0 saturated heterocycles. The van der Waals surface area contributed by atoms with Gasteiger partial charge in [0.05, 0.1) is 11.0 Å². The number of nitrogens with zero attached hydrogens (tertiary/aromatic N) is 2. The normalized spacial score (nSPS) is 13.4. The average molecular weight is 324 g/mol. The summed E-state index contributed by atoms with van der Waals surface area (Å²) in [6.45, 7) is 7.32. The van der Waals surface area contributed by atoms with Gasteiger partial charge in [-0.05, 0) is 44.5 Å². The van der Waals surface area contributed by atoms with Crippen LogP contribution in [-0.2, 0) is 6.42 Å². The smallest absolute Gasteiger partial charge is 0.110 e. The second-order valence-corrected chi connectivity index (χ2v) is 6.25. The minimum absolute atomic E-state index is 0.413. The van der Waals surface area contributed by atoms with Crippen molar-refractivity contribution in [3.05, 3.63) is 28.5 Å². The van der Waals surface area contributed by atoms with Crippen molar-refractivity contribution < 1.29 is 0 Å². The minimum Gasteiger partial charge on any atom is -0.330 e. The van der Waals surface area contributed by atoms with Crippen LogP contribution in [0, 0.1) is 5.92 Å². The third-order valence-electron chi connectivity index (χ3n) is 3.62. The number of hydrogen-bond donors (Lipinski definition) is 1. The highest BCUT2D eigenvalue weighted by Crippen LogP contribution is 2.25. The molecule has 1 heterocycles. The second-order valence-electron chi connectivity index (χ2n) is 5.34. The molecule has 2 rings (SSSR count). The molecule has 0 aliphatic carbocycles. The van der Waals surface area contributed by atoms with Gasteiger partial charge in [-0.15, -0.1) is 0 Å². The number of aromatic nitrogens is 2. The third kappa shape index (κ3) is 3.00. The summed E-state index contributed by atoms with van der Waals surface area (Å²) in [6, 6.07) is 6.71. The van der Waals surface area contributed by atoms with E-state index in [1.54, 1.807) is 0 Å². The summed E-state index contributed by atoms with van der Waals surface area (Å²) < 4.78 is 3.41. The molecule has 1 aromatic heterocycles. The lowest BCUT2D eigenvalue weighted by molar-refractivity contribution is 0.478. The monoisotopic (exact) mass is 323 g/mol. The molecule has 104 valence electrons. The van der Waals surface area contributed by atoms with Crippen LogP contribution in [0.4, 0.5) is 0 Å². The maximum atomic E-state index is 5.83. The first-order valence-corrected chi connectivity index (χ1v) is 7.72. The topological polar surface area (TPSA) is 43.8 Å². The second kappa shape index (κ2) is 6.06. The van der Waals surface area contributed by atoms with Gasteiger partial charge in [-0.3, -0.25) is 0 Å². The Morgan fingerprint density at radius 1 is 1.37 bits per heavy atom. The predicted octanol–water partition coefficient (Wildman–Crippen LogP) is 3.91. The molecule has 3 nitrogen and oxygen atoms in total. The maximum Gasteiger partial charge on any atom is 0.110 e. The summed E-state index contributed by atoms with van der Waals surface area (Å²) in [4.78, 5) is 4.81. The van der Waals surface area contributed by atoms with Crippen LogP contribution in [0.5, 0.6) is 0 Å². The molecule has 0 amide bonds. The van der Waals surface area contributed by atoms with Gasteiger partial charge >= 0.3 is 0 Å². The Morgan fingerprint density at radius 3 is 2.68 bits per heavy atom. The zero-order valence-electron chi connectivity index (χ0n) is 11.9. The Hall–Kier alpha value is -0.870. The van der Waals surface area contributed by atoms with Gasteiger partial charge in [-0.2, -0.15) is 0 Å². The molecule has 0 radical (unpaired) electrons. The number of hydrogen-bond acceptors (Lipinski definition) is 2. The number of imidazole rings is 1. The fraction of sp³-hybridized carbons (Fsp3) is 0.533. The summed E-state index contributed by atoms with van der Waals surface area (Å²) in [5.41, 5.74) is 8.10. The fourth-order valence-corrected chi connectivity index (χ4v) is 2.84. The number of halogens is 1. The molecule has 4 heteroatoms. The Kier molecular flexibility index (Phi) is 4.63. The average Bonchev–Trinajstić information content (AvgIpc) is 2.72. The van der Waals surface area contributed by atoms with Crippen LogP contribution in [0.1, 0.15) is 39.1 Å². The molecule has 2 N–H and O–H groups in total. The van der Waals surface area contributed by atoms with Crippen molar-refractivity contribution in [2.24, 2.45) is 11.7 Å². The fourth-order valence-electron chi connectivity index (χ4n) is 2.49. The highest BCUT2D eigenvalue weighted by molar-refractivity contribution is 9.10. The van der Waals surface area contributed by atoms with Gasteiger partial charge in [0, 0.05) is 16.9 Å². The number of fused-ring (bicyclic) bond motifs is 1. The van der Waals surface area contributed by atoms with Gasteiger partial charge < -0.3 is 10.3 Å². The number of nitrogens with two attached hydrogens (primary N) is 1. The van der Waals surface area contributed by atoms with Crippen LogP contribution in [0.25, 0.3) is 11.0 Å². The van der Waals surface area contributed by atoms with Gasteiger partial charge in [0.25, 0.3) is 0 Å². The van der Waals surface area contributed by atoms with E-state index in [1.165, 1.54) is 5.52 Å². The standard InChI is InChI=1S/C15H22BrN3/c1-4-11(9-17)7-15-18-13-8-12(16)5-6-14(13)19(15)10(2)3/h5-6,8,10-11H,4,7,9,17H2,1-3H3. The van der Waals surface area contributed by atoms with Crippen LogP contribution in [-0.4, -0.2) is 16.1 Å². The SMILES string of the molecule is CCC(CN)Cc1nc2cc(Br)ccc2n1C(C)C. The van der Waals surface area contributed by atoms with Gasteiger partial charge in [0.2, 0.25) is 0 Å². The summed E-state index contributed by atoms with van der Waals surface area (Å²) in [7, 11) is 0. The van der Waals surface area contributed by atoms with Gasteiger partial charge in [-0.1, -0.05) is 29.3 Å². The zero-order chi connectivity index (χ0) is 14.0. The van der Waals surface area contributed by atoms with E-state index in [0.29, 0.717) is 12.0 Å². The van der Waals surface area contributed by atoms with Crippen molar-refractivity contribution in [2.45, 2.75) is 39.7 Å². The molecule has 1 aromatic carbocycles. The molecule has 1 unspecified atom stereocenters. The van der Waals surface area contributed by atoms with Gasteiger partial charge in [0.15, 0.2) is 0 Å². The zero-order valence-corrected chi connectivity index (χ0v) is 13.4. The first kappa shape index (κ1) is 14.5. The summed E-state index contributed by atoms with van der Waals surface area (Å²) >= 11 is 3.51. The largest absolute Gasteiger partial charge is 0.330 e. The molecular weight excluding hydrogens is 302 g/mol. The first-order valence-electron chi connectivity index (χ1n) is 6.93. The van der Waals surface area contributed by atoms with Crippen molar-refractivity contribution in [1.29, 1.82) is 0 Å². The number of rotatable bonds is 5. The van der Waals surface area contributed by atoms with Crippen molar-refractivity contribution >= 4 is 27.0 Å². The highest BCUT2D eigenvalue weighted by Gasteiger charge is 2.16. The van der Waals surface area contributed by atoms with E-state index in [4.69, 9.17) is 10.7 Å². The molecule has 1 atom stereocenters. The quantitative estimate of drug-likeness (QED) is 0.906. The van der Waals surface area contributed by atoms with E-state index in [2.05, 4.69) is 59.5 Å². The van der Waals surface area contributed by atoms with Crippen LogP contribution in [0.3, 0.4) is 0 Å². The van der Waals surface area contributed by atoms with Gasteiger partial charge in [-0.25, -0.2) is 4.98 Å². The molecule has 0 fully saturated rings. The predicted molar refractivity (Wildman–Crippen MR) is 84.4 cm³/mol.